The van der Waals surface area contributed by atoms with E-state index in [1.54, 1.807) is 0 Å². The van der Waals surface area contributed by atoms with E-state index in [1.165, 1.54) is 6.42 Å². The van der Waals surface area contributed by atoms with Gasteiger partial charge in [-0.2, -0.15) is 0 Å². The van der Waals surface area contributed by atoms with Crippen molar-refractivity contribution in [2.45, 2.75) is 64.7 Å². The first-order chi connectivity index (χ1) is 19.6. The summed E-state index contributed by atoms with van der Waals surface area (Å²) >= 11 is 0. The number of rotatable bonds is 14. The van der Waals surface area contributed by atoms with Crippen molar-refractivity contribution in [1.29, 1.82) is 0 Å². The van der Waals surface area contributed by atoms with Gasteiger partial charge in [-0.15, -0.1) is 0 Å². The molecule has 0 saturated heterocycles. The molecule has 212 valence electrons. The zero-order chi connectivity index (χ0) is 28.0. The lowest BCUT2D eigenvalue weighted by Crippen LogP contribution is -2.37. The lowest BCUT2D eigenvalue weighted by atomic mass is 9.88. The van der Waals surface area contributed by atoms with E-state index in [9.17, 15) is 4.79 Å². The topological polar surface area (TPSA) is 103 Å². The summed E-state index contributed by atoms with van der Waals surface area (Å²) in [5, 5.41) is 0. The van der Waals surface area contributed by atoms with E-state index in [2.05, 4.69) is 4.99 Å². The van der Waals surface area contributed by atoms with Gasteiger partial charge in [-0.3, -0.25) is 9.79 Å². The molecule has 40 heavy (non-hydrogen) atoms. The van der Waals surface area contributed by atoms with Crippen LogP contribution in [0.2, 0.25) is 0 Å². The highest BCUT2D eigenvalue weighted by molar-refractivity contribution is 5.79. The van der Waals surface area contributed by atoms with Crippen LogP contribution < -0.4 is 20.9 Å². The number of guanidine groups is 1. The molecule has 0 unspecified atom stereocenters. The summed E-state index contributed by atoms with van der Waals surface area (Å²) in [6.45, 7) is 2.64. The van der Waals surface area contributed by atoms with E-state index in [0.717, 1.165) is 55.2 Å². The molecule has 3 aromatic rings. The molecule has 0 aromatic heterocycles. The fourth-order valence-corrected chi connectivity index (χ4v) is 5.07. The molecule has 7 heteroatoms. The monoisotopic (exact) mass is 542 g/mol. The minimum atomic E-state index is 0.104. The minimum absolute atomic E-state index is 0.104. The van der Waals surface area contributed by atoms with Crippen LogP contribution in [-0.2, 0) is 24.6 Å². The lowest BCUT2D eigenvalue weighted by Gasteiger charge is -2.30. The number of carbonyl (C=O) groups excluding carboxylic acids is 1. The van der Waals surface area contributed by atoms with Crippen LogP contribution in [-0.4, -0.2) is 29.9 Å². The van der Waals surface area contributed by atoms with E-state index in [-0.39, 0.29) is 17.8 Å². The number of amides is 1. The zero-order valence-corrected chi connectivity index (χ0v) is 23.3. The first kappa shape index (κ1) is 29.0. The van der Waals surface area contributed by atoms with Crippen LogP contribution in [0, 0.1) is 5.92 Å². The second-order valence-corrected chi connectivity index (χ2v) is 10.4. The van der Waals surface area contributed by atoms with Crippen molar-refractivity contribution in [3.05, 3.63) is 95.6 Å². The van der Waals surface area contributed by atoms with Crippen molar-refractivity contribution in [3.8, 4) is 11.5 Å². The normalized spacial score (nSPS) is 13.4. The third-order valence-corrected chi connectivity index (χ3v) is 7.25. The standard InChI is InChI=1S/C33H42N4O3/c34-33(35)36-20-10-11-21-37(32(38)29-16-8-3-9-17-29)23-28-18-19-30(39-24-26-12-4-1-5-13-26)31(22-28)40-25-27-14-6-2-7-15-27/h1-2,4-7,12-15,18-19,22,29H,3,8-11,16-17,20-21,23-25H2,(H4,34,35,36). The largest absolute Gasteiger partial charge is 0.485 e. The Morgan fingerprint density at radius 2 is 1.40 bits per heavy atom. The van der Waals surface area contributed by atoms with Crippen LogP contribution in [0.3, 0.4) is 0 Å². The average molecular weight is 543 g/mol. The van der Waals surface area contributed by atoms with Crippen molar-refractivity contribution in [1.82, 2.24) is 4.90 Å². The van der Waals surface area contributed by atoms with Crippen LogP contribution in [0.15, 0.2) is 83.9 Å². The van der Waals surface area contributed by atoms with E-state index in [1.807, 2.05) is 83.8 Å². The maximum Gasteiger partial charge on any atom is 0.225 e. The number of hydrogen-bond acceptors (Lipinski definition) is 4. The second-order valence-electron chi connectivity index (χ2n) is 10.4. The van der Waals surface area contributed by atoms with Gasteiger partial charge in [0.15, 0.2) is 17.5 Å². The van der Waals surface area contributed by atoms with Crippen LogP contribution in [0.4, 0.5) is 0 Å². The molecule has 4 N–H and O–H groups in total. The Labute approximate surface area is 238 Å². The van der Waals surface area contributed by atoms with Crippen molar-refractivity contribution in [2.75, 3.05) is 13.1 Å². The predicted molar refractivity (Wildman–Crippen MR) is 160 cm³/mol. The molecule has 3 aromatic carbocycles. The molecule has 0 spiro atoms. The molecule has 1 aliphatic rings. The molecule has 1 saturated carbocycles. The lowest BCUT2D eigenvalue weighted by molar-refractivity contribution is -0.137. The number of unbranched alkanes of at least 4 members (excludes halogenated alkanes) is 1. The smallest absolute Gasteiger partial charge is 0.225 e. The van der Waals surface area contributed by atoms with Gasteiger partial charge >= 0.3 is 0 Å². The van der Waals surface area contributed by atoms with Crippen molar-refractivity contribution >= 4 is 11.9 Å². The van der Waals surface area contributed by atoms with Crippen LogP contribution in [0.1, 0.15) is 61.6 Å². The van der Waals surface area contributed by atoms with Gasteiger partial charge in [0, 0.05) is 25.6 Å². The van der Waals surface area contributed by atoms with E-state index < -0.39 is 0 Å². The van der Waals surface area contributed by atoms with Gasteiger partial charge in [0.1, 0.15) is 13.2 Å². The molecular weight excluding hydrogens is 500 g/mol. The maximum atomic E-state index is 13.6. The Bertz CT molecular complexity index is 1210. The third kappa shape index (κ3) is 9.33. The van der Waals surface area contributed by atoms with Crippen LogP contribution >= 0.6 is 0 Å². The first-order valence-corrected chi connectivity index (χ1v) is 14.4. The van der Waals surface area contributed by atoms with Gasteiger partial charge in [0.25, 0.3) is 0 Å². The predicted octanol–water partition coefficient (Wildman–Crippen LogP) is 5.81. The Morgan fingerprint density at radius 1 is 0.775 bits per heavy atom. The SMILES string of the molecule is NC(N)=NCCCCN(Cc1ccc(OCc2ccccc2)c(OCc2ccccc2)c1)C(=O)C1CCCCC1. The summed E-state index contributed by atoms with van der Waals surface area (Å²) < 4.78 is 12.5. The summed E-state index contributed by atoms with van der Waals surface area (Å²) in [7, 11) is 0. The number of nitrogens with two attached hydrogens (primary N) is 2. The number of nitrogens with zero attached hydrogens (tertiary/aromatic N) is 2. The molecule has 0 radical (unpaired) electrons. The second kappa shape index (κ2) is 15.6. The number of aliphatic imine (C=N–C) groups is 1. The molecule has 1 fully saturated rings. The quantitative estimate of drug-likeness (QED) is 0.152. The molecule has 0 aliphatic heterocycles. The molecule has 0 heterocycles. The molecule has 7 nitrogen and oxygen atoms in total. The Balaban J connectivity index is 1.49. The number of hydrogen-bond donors (Lipinski definition) is 2. The Hall–Kier alpha value is -4.00. The van der Waals surface area contributed by atoms with Crippen molar-refractivity contribution in [2.24, 2.45) is 22.4 Å². The van der Waals surface area contributed by atoms with Gasteiger partial charge < -0.3 is 25.8 Å². The molecular formula is C33H42N4O3. The number of carbonyl (C=O) groups is 1. The van der Waals surface area contributed by atoms with Crippen molar-refractivity contribution < 1.29 is 14.3 Å². The Morgan fingerprint density at radius 3 is 2.02 bits per heavy atom. The fourth-order valence-electron chi connectivity index (χ4n) is 5.07. The van der Waals surface area contributed by atoms with E-state index in [0.29, 0.717) is 44.3 Å². The Kier molecular flexibility index (Phi) is 11.3. The number of ether oxygens (including phenoxy) is 2. The zero-order valence-electron chi connectivity index (χ0n) is 23.3. The van der Waals surface area contributed by atoms with Gasteiger partial charge in [0.05, 0.1) is 0 Å². The fraction of sp³-hybridized carbons (Fsp3) is 0.394. The summed E-state index contributed by atoms with van der Waals surface area (Å²) in [6.07, 6.45) is 7.07. The number of benzene rings is 3. The van der Waals surface area contributed by atoms with Gasteiger partial charge in [-0.05, 0) is 54.5 Å². The van der Waals surface area contributed by atoms with E-state index in [4.69, 9.17) is 20.9 Å². The molecule has 1 amide bonds. The average Bonchev–Trinajstić information content (AvgIpc) is 2.99. The van der Waals surface area contributed by atoms with E-state index >= 15 is 0 Å². The van der Waals surface area contributed by atoms with Crippen LogP contribution in [0.5, 0.6) is 11.5 Å². The molecule has 4 rings (SSSR count). The highest BCUT2D eigenvalue weighted by Crippen LogP contribution is 2.32. The highest BCUT2D eigenvalue weighted by atomic mass is 16.5. The summed E-state index contributed by atoms with van der Waals surface area (Å²) in [5.74, 6) is 1.82. The van der Waals surface area contributed by atoms with Crippen molar-refractivity contribution in [3.63, 3.8) is 0 Å². The summed E-state index contributed by atoms with van der Waals surface area (Å²) in [5.41, 5.74) is 14.1. The minimum Gasteiger partial charge on any atom is -0.485 e. The van der Waals surface area contributed by atoms with Gasteiger partial charge in [-0.1, -0.05) is 86.0 Å². The van der Waals surface area contributed by atoms with Gasteiger partial charge in [0.2, 0.25) is 5.91 Å². The molecule has 0 bridgehead atoms. The summed E-state index contributed by atoms with van der Waals surface area (Å²) in [6, 6.07) is 26.2. The highest BCUT2D eigenvalue weighted by Gasteiger charge is 2.26. The molecule has 0 atom stereocenters. The molecule has 1 aliphatic carbocycles. The van der Waals surface area contributed by atoms with Crippen LogP contribution in [0.25, 0.3) is 0 Å². The summed E-state index contributed by atoms with van der Waals surface area (Å²) in [4.78, 5) is 19.7. The van der Waals surface area contributed by atoms with Gasteiger partial charge in [-0.25, -0.2) is 0 Å². The first-order valence-electron chi connectivity index (χ1n) is 14.4. The third-order valence-electron chi connectivity index (χ3n) is 7.25. The maximum absolute atomic E-state index is 13.6.